The molecular formula is C7H10N2O3. The van der Waals surface area contributed by atoms with Crippen LogP contribution in [0, 0.1) is 0 Å². The van der Waals surface area contributed by atoms with Gasteiger partial charge < -0.3 is 4.90 Å². The molecule has 0 aliphatic carbocycles. The van der Waals surface area contributed by atoms with Gasteiger partial charge in [-0.05, 0) is 6.42 Å². The Morgan fingerprint density at radius 1 is 1.67 bits per heavy atom. The van der Waals surface area contributed by atoms with Crippen LogP contribution in [0.5, 0.6) is 0 Å². The Balaban J connectivity index is 2.76. The van der Waals surface area contributed by atoms with Crippen molar-refractivity contribution in [2.75, 3.05) is 6.54 Å². The second-order valence-corrected chi connectivity index (χ2v) is 2.61. The summed E-state index contributed by atoms with van der Waals surface area (Å²) in [6.45, 7) is 1.77. The maximum atomic E-state index is 11.1. The summed E-state index contributed by atoms with van der Waals surface area (Å²) in [6.07, 6.45) is 1.06. The van der Waals surface area contributed by atoms with Crippen LogP contribution in [-0.2, 0) is 14.4 Å². The summed E-state index contributed by atoms with van der Waals surface area (Å²) in [5.41, 5.74) is 0. The van der Waals surface area contributed by atoms with Gasteiger partial charge in [-0.15, -0.1) is 0 Å². The monoisotopic (exact) mass is 170 g/mol. The van der Waals surface area contributed by atoms with Crippen molar-refractivity contribution in [1.82, 2.24) is 10.2 Å². The molecule has 0 saturated carbocycles. The van der Waals surface area contributed by atoms with E-state index in [1.54, 1.807) is 6.92 Å². The fourth-order valence-electron chi connectivity index (χ4n) is 1.22. The van der Waals surface area contributed by atoms with Crippen LogP contribution < -0.4 is 5.32 Å². The SMILES string of the molecule is CCC1C(=O)NC(=O)CN1C=O. The van der Waals surface area contributed by atoms with Crippen molar-refractivity contribution in [2.24, 2.45) is 0 Å². The summed E-state index contributed by atoms with van der Waals surface area (Å²) in [7, 11) is 0. The number of imide groups is 1. The number of piperazine rings is 1. The first-order valence-electron chi connectivity index (χ1n) is 3.73. The quantitative estimate of drug-likeness (QED) is 0.421. The van der Waals surface area contributed by atoms with E-state index in [2.05, 4.69) is 5.32 Å². The van der Waals surface area contributed by atoms with Gasteiger partial charge in [0.2, 0.25) is 18.2 Å². The lowest BCUT2D eigenvalue weighted by molar-refractivity contribution is -0.144. The third-order valence-electron chi connectivity index (χ3n) is 1.81. The van der Waals surface area contributed by atoms with Gasteiger partial charge in [0.05, 0.1) is 0 Å². The Kier molecular flexibility index (Phi) is 2.42. The predicted molar refractivity (Wildman–Crippen MR) is 40.0 cm³/mol. The fourth-order valence-corrected chi connectivity index (χ4v) is 1.22. The molecule has 0 aromatic rings. The zero-order chi connectivity index (χ0) is 9.14. The van der Waals surface area contributed by atoms with Crippen LogP contribution in [0.3, 0.4) is 0 Å². The van der Waals surface area contributed by atoms with E-state index in [9.17, 15) is 14.4 Å². The number of amides is 3. The molecule has 1 N–H and O–H groups in total. The smallest absolute Gasteiger partial charge is 0.249 e. The van der Waals surface area contributed by atoms with Crippen molar-refractivity contribution in [1.29, 1.82) is 0 Å². The minimum absolute atomic E-state index is 0.0201. The summed E-state index contributed by atoms with van der Waals surface area (Å²) >= 11 is 0. The Labute approximate surface area is 69.7 Å². The summed E-state index contributed by atoms with van der Waals surface area (Å²) in [4.78, 5) is 33.5. The van der Waals surface area contributed by atoms with E-state index in [-0.39, 0.29) is 12.5 Å². The van der Waals surface area contributed by atoms with Gasteiger partial charge in [-0.1, -0.05) is 6.92 Å². The number of hydrogen-bond donors (Lipinski definition) is 1. The molecule has 66 valence electrons. The average Bonchev–Trinajstić information content (AvgIpc) is 2.03. The highest BCUT2D eigenvalue weighted by atomic mass is 16.2. The lowest BCUT2D eigenvalue weighted by Crippen LogP contribution is -2.57. The molecule has 0 aromatic carbocycles. The van der Waals surface area contributed by atoms with Gasteiger partial charge in [-0.25, -0.2) is 0 Å². The molecule has 1 fully saturated rings. The molecule has 1 heterocycles. The van der Waals surface area contributed by atoms with E-state index >= 15 is 0 Å². The second kappa shape index (κ2) is 3.34. The third kappa shape index (κ3) is 1.44. The van der Waals surface area contributed by atoms with Crippen LogP contribution in [0.1, 0.15) is 13.3 Å². The van der Waals surface area contributed by atoms with Crippen molar-refractivity contribution in [3.05, 3.63) is 0 Å². The summed E-state index contributed by atoms with van der Waals surface area (Å²) in [6, 6.07) is -0.486. The second-order valence-electron chi connectivity index (χ2n) is 2.61. The minimum Gasteiger partial charge on any atom is -0.324 e. The van der Waals surface area contributed by atoms with Crippen molar-refractivity contribution in [3.8, 4) is 0 Å². The largest absolute Gasteiger partial charge is 0.324 e. The third-order valence-corrected chi connectivity index (χ3v) is 1.81. The highest BCUT2D eigenvalue weighted by Crippen LogP contribution is 2.05. The molecule has 0 radical (unpaired) electrons. The molecule has 5 nitrogen and oxygen atoms in total. The van der Waals surface area contributed by atoms with Gasteiger partial charge in [0, 0.05) is 0 Å². The minimum atomic E-state index is -0.486. The molecule has 3 amide bonds. The Morgan fingerprint density at radius 3 is 2.83 bits per heavy atom. The topological polar surface area (TPSA) is 66.5 Å². The van der Waals surface area contributed by atoms with E-state index in [0.717, 1.165) is 0 Å². The Hall–Kier alpha value is -1.39. The summed E-state index contributed by atoms with van der Waals surface area (Å²) < 4.78 is 0. The Morgan fingerprint density at radius 2 is 2.33 bits per heavy atom. The number of hydrogen-bond acceptors (Lipinski definition) is 3. The van der Waals surface area contributed by atoms with Crippen molar-refractivity contribution >= 4 is 18.2 Å². The standard InChI is InChI=1S/C7H10N2O3/c1-2-5-7(12)8-6(11)3-9(5)4-10/h4-5H,2-3H2,1H3,(H,8,11,12). The molecule has 1 rings (SSSR count). The van der Waals surface area contributed by atoms with E-state index < -0.39 is 11.9 Å². The number of nitrogens with zero attached hydrogens (tertiary/aromatic N) is 1. The number of carbonyl (C=O) groups is 3. The molecule has 12 heavy (non-hydrogen) atoms. The van der Waals surface area contributed by atoms with Gasteiger partial charge in [0.1, 0.15) is 12.6 Å². The summed E-state index contributed by atoms with van der Waals surface area (Å²) in [5.74, 6) is -0.808. The van der Waals surface area contributed by atoms with Crippen LogP contribution >= 0.6 is 0 Å². The summed E-state index contributed by atoms with van der Waals surface area (Å²) in [5, 5.41) is 2.17. The van der Waals surface area contributed by atoms with Crippen LogP contribution in [0.15, 0.2) is 0 Å². The predicted octanol–water partition coefficient (Wildman–Crippen LogP) is -1.12. The average molecular weight is 170 g/mol. The zero-order valence-electron chi connectivity index (χ0n) is 6.74. The molecule has 1 atom stereocenters. The van der Waals surface area contributed by atoms with Gasteiger partial charge in [0.15, 0.2) is 0 Å². The molecule has 0 aromatic heterocycles. The lowest BCUT2D eigenvalue weighted by atomic mass is 10.1. The van der Waals surface area contributed by atoms with Gasteiger partial charge in [-0.3, -0.25) is 19.7 Å². The first-order chi connectivity index (χ1) is 5.69. The maximum Gasteiger partial charge on any atom is 0.249 e. The highest BCUT2D eigenvalue weighted by molar-refractivity contribution is 6.02. The van der Waals surface area contributed by atoms with Crippen molar-refractivity contribution in [3.63, 3.8) is 0 Å². The van der Waals surface area contributed by atoms with Crippen LogP contribution in [0.25, 0.3) is 0 Å². The lowest BCUT2D eigenvalue weighted by Gasteiger charge is -2.29. The Bertz CT molecular complexity index is 227. The van der Waals surface area contributed by atoms with Crippen LogP contribution in [0.2, 0.25) is 0 Å². The number of rotatable bonds is 2. The van der Waals surface area contributed by atoms with Gasteiger partial charge in [0.25, 0.3) is 0 Å². The van der Waals surface area contributed by atoms with E-state index in [1.807, 2.05) is 0 Å². The van der Waals surface area contributed by atoms with Crippen molar-refractivity contribution < 1.29 is 14.4 Å². The molecule has 0 bridgehead atoms. The van der Waals surface area contributed by atoms with Gasteiger partial charge >= 0.3 is 0 Å². The van der Waals surface area contributed by atoms with Crippen LogP contribution in [-0.4, -0.2) is 35.7 Å². The molecule has 1 aliphatic heterocycles. The van der Waals surface area contributed by atoms with E-state index in [0.29, 0.717) is 12.8 Å². The fraction of sp³-hybridized carbons (Fsp3) is 0.571. The number of nitrogens with one attached hydrogen (secondary N) is 1. The molecule has 1 saturated heterocycles. The highest BCUT2D eigenvalue weighted by Gasteiger charge is 2.30. The molecule has 1 aliphatic rings. The molecule has 0 spiro atoms. The van der Waals surface area contributed by atoms with Gasteiger partial charge in [-0.2, -0.15) is 0 Å². The van der Waals surface area contributed by atoms with Crippen LogP contribution in [0.4, 0.5) is 0 Å². The van der Waals surface area contributed by atoms with Crippen molar-refractivity contribution in [2.45, 2.75) is 19.4 Å². The van der Waals surface area contributed by atoms with E-state index in [1.165, 1.54) is 4.90 Å². The first-order valence-corrected chi connectivity index (χ1v) is 3.73. The molecular weight excluding hydrogens is 160 g/mol. The number of carbonyl (C=O) groups excluding carboxylic acids is 3. The molecule has 1 unspecified atom stereocenters. The van der Waals surface area contributed by atoms with E-state index in [4.69, 9.17) is 0 Å². The zero-order valence-corrected chi connectivity index (χ0v) is 6.74. The first kappa shape index (κ1) is 8.70. The normalized spacial score (nSPS) is 23.8. The maximum absolute atomic E-state index is 11.1. The molecule has 5 heteroatoms.